The zero-order valence-corrected chi connectivity index (χ0v) is 22.2. The summed E-state index contributed by atoms with van der Waals surface area (Å²) < 4.78 is 12.6. The molecular weight excluding hydrogens is 595 g/mol. The van der Waals surface area contributed by atoms with Crippen LogP contribution in [0.3, 0.4) is 0 Å². The highest BCUT2D eigenvalue weighted by Gasteiger charge is 2.36. The highest BCUT2D eigenvalue weighted by Crippen LogP contribution is 2.38. The van der Waals surface area contributed by atoms with E-state index in [1.54, 1.807) is 24.3 Å². The van der Waals surface area contributed by atoms with Gasteiger partial charge in [0.1, 0.15) is 6.61 Å². The molecule has 0 atom stereocenters. The third-order valence-electron chi connectivity index (χ3n) is 5.25. The summed E-state index contributed by atoms with van der Waals surface area (Å²) in [5.74, 6) is 0.634. The van der Waals surface area contributed by atoms with Crippen molar-refractivity contribution in [2.45, 2.75) is 20.1 Å². The van der Waals surface area contributed by atoms with Crippen molar-refractivity contribution in [2.24, 2.45) is 0 Å². The van der Waals surface area contributed by atoms with Crippen LogP contribution in [-0.2, 0) is 17.9 Å². The molecule has 0 aliphatic carbocycles. The molecule has 0 N–H and O–H groups in total. The summed E-state index contributed by atoms with van der Waals surface area (Å²) in [6.07, 6.45) is 1.62. The Bertz CT molecular complexity index is 1350. The summed E-state index contributed by atoms with van der Waals surface area (Å²) in [6, 6.07) is 19.5. The number of nitro benzene ring substituents is 1. The van der Waals surface area contributed by atoms with Crippen LogP contribution in [0.15, 0.2) is 71.6 Å². The van der Waals surface area contributed by atoms with E-state index < -0.39 is 16.1 Å². The summed E-state index contributed by atoms with van der Waals surface area (Å²) >= 11 is 2.95. The predicted octanol–water partition coefficient (Wildman–Crippen LogP) is 6.41. The van der Waals surface area contributed by atoms with Crippen molar-refractivity contribution in [1.29, 1.82) is 0 Å². The number of nitro groups is 1. The number of hydrogen-bond donors (Lipinski definition) is 0. The Labute approximate surface area is 225 Å². The average Bonchev–Trinajstić information content (AvgIpc) is 3.12. The standard InChI is InChI=1S/C26H21IN2O6S/c1-2-34-22-13-18(12-20(27)24(22)35-16-17-8-4-3-5-9-17)14-23-25(30)28(26(31)36-23)15-19-10-6-7-11-21(19)29(32)33/h3-14H,2,15-16H2,1H3/b23-14+. The highest BCUT2D eigenvalue weighted by molar-refractivity contribution is 14.1. The molecule has 1 aliphatic heterocycles. The van der Waals surface area contributed by atoms with E-state index in [1.165, 1.54) is 12.1 Å². The van der Waals surface area contributed by atoms with Crippen molar-refractivity contribution < 1.29 is 24.0 Å². The molecular formula is C26H21IN2O6S. The van der Waals surface area contributed by atoms with E-state index in [0.717, 1.165) is 25.8 Å². The van der Waals surface area contributed by atoms with Gasteiger partial charge >= 0.3 is 0 Å². The molecule has 0 bridgehead atoms. The van der Waals surface area contributed by atoms with Gasteiger partial charge in [-0.1, -0.05) is 48.5 Å². The first-order valence-corrected chi connectivity index (χ1v) is 12.9. The third-order valence-corrected chi connectivity index (χ3v) is 6.95. The predicted molar refractivity (Wildman–Crippen MR) is 146 cm³/mol. The number of nitrogens with zero attached hydrogens (tertiary/aromatic N) is 2. The minimum absolute atomic E-state index is 0.137. The number of ether oxygens (including phenoxy) is 2. The van der Waals surface area contributed by atoms with Crippen LogP contribution in [-0.4, -0.2) is 27.6 Å². The molecule has 1 saturated heterocycles. The van der Waals surface area contributed by atoms with Gasteiger partial charge in [-0.3, -0.25) is 24.6 Å². The van der Waals surface area contributed by atoms with Gasteiger partial charge in [-0.05, 0) is 70.6 Å². The van der Waals surface area contributed by atoms with Crippen molar-refractivity contribution in [3.05, 3.63) is 102 Å². The molecule has 1 heterocycles. The summed E-state index contributed by atoms with van der Waals surface area (Å²) in [4.78, 5) is 37.6. The van der Waals surface area contributed by atoms with Gasteiger partial charge < -0.3 is 9.47 Å². The summed E-state index contributed by atoms with van der Waals surface area (Å²) in [6.45, 7) is 2.50. The van der Waals surface area contributed by atoms with Crippen molar-refractivity contribution >= 4 is 57.3 Å². The normalized spacial score (nSPS) is 14.4. The molecule has 4 rings (SSSR count). The van der Waals surface area contributed by atoms with Crippen LogP contribution < -0.4 is 9.47 Å². The molecule has 8 nitrogen and oxygen atoms in total. The van der Waals surface area contributed by atoms with Crippen LogP contribution >= 0.6 is 34.4 Å². The maximum Gasteiger partial charge on any atom is 0.293 e. The largest absolute Gasteiger partial charge is 0.490 e. The monoisotopic (exact) mass is 616 g/mol. The van der Waals surface area contributed by atoms with Gasteiger partial charge in [0.2, 0.25) is 0 Å². The fraction of sp³-hybridized carbons (Fsp3) is 0.154. The highest BCUT2D eigenvalue weighted by atomic mass is 127. The Morgan fingerprint density at radius 3 is 2.50 bits per heavy atom. The molecule has 36 heavy (non-hydrogen) atoms. The third kappa shape index (κ3) is 5.88. The number of thioether (sulfide) groups is 1. The molecule has 0 unspecified atom stereocenters. The minimum Gasteiger partial charge on any atom is -0.490 e. The van der Waals surface area contributed by atoms with Crippen LogP contribution in [0.2, 0.25) is 0 Å². The van der Waals surface area contributed by atoms with Crippen LogP contribution in [0.25, 0.3) is 6.08 Å². The van der Waals surface area contributed by atoms with E-state index >= 15 is 0 Å². The minimum atomic E-state index is -0.525. The zero-order chi connectivity index (χ0) is 25.7. The number of benzene rings is 3. The smallest absolute Gasteiger partial charge is 0.293 e. The maximum atomic E-state index is 13.0. The molecule has 0 saturated carbocycles. The second-order valence-corrected chi connectivity index (χ2v) is 9.85. The van der Waals surface area contributed by atoms with E-state index in [0.29, 0.717) is 35.8 Å². The van der Waals surface area contributed by atoms with E-state index in [2.05, 4.69) is 22.6 Å². The maximum absolute atomic E-state index is 13.0. The Kier molecular flexibility index (Phi) is 8.26. The molecule has 184 valence electrons. The van der Waals surface area contributed by atoms with Gasteiger partial charge in [0.25, 0.3) is 16.8 Å². The quantitative estimate of drug-likeness (QED) is 0.119. The lowest BCUT2D eigenvalue weighted by molar-refractivity contribution is -0.385. The van der Waals surface area contributed by atoms with Gasteiger partial charge in [0, 0.05) is 11.6 Å². The summed E-state index contributed by atoms with van der Waals surface area (Å²) in [7, 11) is 0. The zero-order valence-electron chi connectivity index (χ0n) is 19.2. The topological polar surface area (TPSA) is 99.0 Å². The lowest BCUT2D eigenvalue weighted by Gasteiger charge is -2.15. The van der Waals surface area contributed by atoms with Crippen molar-refractivity contribution in [3.63, 3.8) is 0 Å². The molecule has 10 heteroatoms. The van der Waals surface area contributed by atoms with E-state index in [1.807, 2.05) is 43.3 Å². The Morgan fingerprint density at radius 1 is 1.06 bits per heavy atom. The number of halogens is 1. The number of carbonyl (C=O) groups is 2. The fourth-order valence-electron chi connectivity index (χ4n) is 3.58. The molecule has 0 spiro atoms. The Morgan fingerprint density at radius 2 is 1.78 bits per heavy atom. The van der Waals surface area contributed by atoms with Crippen LogP contribution in [0.5, 0.6) is 11.5 Å². The van der Waals surface area contributed by atoms with Gasteiger partial charge in [-0.15, -0.1) is 0 Å². The van der Waals surface area contributed by atoms with Crippen molar-refractivity contribution in [3.8, 4) is 11.5 Å². The van der Waals surface area contributed by atoms with Gasteiger partial charge in [-0.25, -0.2) is 0 Å². The number of amides is 2. The number of rotatable bonds is 9. The van der Waals surface area contributed by atoms with Crippen LogP contribution in [0.4, 0.5) is 10.5 Å². The molecule has 1 fully saturated rings. The molecule has 2 amide bonds. The fourth-order valence-corrected chi connectivity index (χ4v) is 5.20. The van der Waals surface area contributed by atoms with E-state index in [-0.39, 0.29) is 17.1 Å². The van der Waals surface area contributed by atoms with Gasteiger partial charge in [0.05, 0.1) is 26.6 Å². The Balaban J connectivity index is 1.57. The number of carbonyl (C=O) groups excluding carboxylic acids is 2. The number of para-hydroxylation sites is 1. The molecule has 1 aliphatic rings. The lowest BCUT2D eigenvalue weighted by atomic mass is 10.1. The second-order valence-electron chi connectivity index (χ2n) is 7.69. The first-order chi connectivity index (χ1) is 17.4. The second kappa shape index (κ2) is 11.6. The molecule has 0 aromatic heterocycles. The van der Waals surface area contributed by atoms with Gasteiger partial charge in [0.15, 0.2) is 11.5 Å². The summed E-state index contributed by atoms with van der Waals surface area (Å²) in [5.41, 5.74) is 1.85. The number of hydrogen-bond acceptors (Lipinski definition) is 7. The van der Waals surface area contributed by atoms with E-state index in [4.69, 9.17) is 9.47 Å². The SMILES string of the molecule is CCOc1cc(/C=C2/SC(=O)N(Cc3ccccc3[N+](=O)[O-])C2=O)cc(I)c1OCc1ccccc1. The van der Waals surface area contributed by atoms with Gasteiger partial charge in [-0.2, -0.15) is 0 Å². The Hall–Kier alpha value is -3.38. The number of imide groups is 1. The van der Waals surface area contributed by atoms with Crippen molar-refractivity contribution in [1.82, 2.24) is 4.90 Å². The molecule has 0 radical (unpaired) electrons. The first kappa shape index (κ1) is 25.7. The molecule has 3 aromatic rings. The molecule has 3 aromatic carbocycles. The first-order valence-electron chi connectivity index (χ1n) is 11.0. The van der Waals surface area contributed by atoms with Crippen LogP contribution in [0, 0.1) is 13.7 Å². The lowest BCUT2D eigenvalue weighted by Crippen LogP contribution is -2.27. The van der Waals surface area contributed by atoms with Crippen LogP contribution in [0.1, 0.15) is 23.6 Å². The van der Waals surface area contributed by atoms with E-state index in [9.17, 15) is 19.7 Å². The average molecular weight is 616 g/mol. The van der Waals surface area contributed by atoms with Crippen molar-refractivity contribution in [2.75, 3.05) is 6.61 Å². The summed E-state index contributed by atoms with van der Waals surface area (Å²) in [5, 5.41) is 10.8.